The van der Waals surface area contributed by atoms with Gasteiger partial charge in [0.25, 0.3) is 0 Å². The summed E-state index contributed by atoms with van der Waals surface area (Å²) in [7, 11) is 0.742. The maximum absolute atomic E-state index is 11.3. The van der Waals surface area contributed by atoms with Gasteiger partial charge in [-0.1, -0.05) is 12.1 Å². The lowest BCUT2D eigenvalue weighted by atomic mass is 10.2. The lowest BCUT2D eigenvalue weighted by Gasteiger charge is -2.17. The topological polar surface area (TPSA) is 115 Å². The Balaban J connectivity index is 2.15. The Morgan fingerprint density at radius 3 is 2.50 bits per heavy atom. The van der Waals surface area contributed by atoms with Crippen LogP contribution in [-0.2, 0) is 17.3 Å². The molecule has 22 heavy (non-hydrogen) atoms. The molecule has 0 aliphatic heterocycles. The molecule has 0 aliphatic rings. The molecule has 0 radical (unpaired) electrons. The van der Waals surface area contributed by atoms with Crippen LogP contribution in [0, 0.1) is 10.1 Å². The van der Waals surface area contributed by atoms with E-state index in [9.17, 15) is 14.3 Å². The van der Waals surface area contributed by atoms with Gasteiger partial charge in [-0.15, -0.1) is 0 Å². The average Bonchev–Trinajstić information content (AvgIpc) is 2.47. The van der Waals surface area contributed by atoms with E-state index < -0.39 is 15.7 Å². The lowest BCUT2D eigenvalue weighted by molar-refractivity contribution is -0.384. The molecule has 116 valence electrons. The second-order valence-corrected chi connectivity index (χ2v) is 6.03. The van der Waals surface area contributed by atoms with Crippen LogP contribution in [0.1, 0.15) is 5.56 Å². The van der Waals surface area contributed by atoms with Gasteiger partial charge in [0.2, 0.25) is 11.8 Å². The van der Waals surface area contributed by atoms with E-state index >= 15 is 0 Å². The van der Waals surface area contributed by atoms with Crippen molar-refractivity contribution in [3.05, 3.63) is 46.1 Å². The number of hydrogen-bond donors (Lipinski definition) is 1. The Labute approximate surface area is 129 Å². The maximum atomic E-state index is 11.3. The highest BCUT2D eigenvalue weighted by molar-refractivity contribution is 7.84. The normalized spacial score (nSPS) is 11.9. The summed E-state index contributed by atoms with van der Waals surface area (Å²) >= 11 is 0. The van der Waals surface area contributed by atoms with Crippen molar-refractivity contribution >= 4 is 28.3 Å². The predicted molar refractivity (Wildman–Crippen MR) is 84.0 cm³/mol. The minimum absolute atomic E-state index is 0.168. The molecule has 0 fully saturated rings. The van der Waals surface area contributed by atoms with Gasteiger partial charge in [-0.05, 0) is 17.7 Å². The van der Waals surface area contributed by atoms with Crippen LogP contribution in [0.2, 0.25) is 0 Å². The summed E-state index contributed by atoms with van der Waals surface area (Å²) in [6.45, 7) is 0.494. The van der Waals surface area contributed by atoms with Crippen LogP contribution in [-0.4, -0.2) is 32.4 Å². The highest BCUT2D eigenvalue weighted by Gasteiger charge is 2.16. The summed E-state index contributed by atoms with van der Waals surface area (Å²) in [5, 5.41) is 10.7. The van der Waals surface area contributed by atoms with Crippen LogP contribution >= 0.6 is 0 Å². The zero-order valence-corrected chi connectivity index (χ0v) is 12.9. The fourth-order valence-electron chi connectivity index (χ4n) is 1.83. The van der Waals surface area contributed by atoms with Crippen LogP contribution in [0.3, 0.4) is 0 Å². The average molecular weight is 321 g/mol. The number of benzene rings is 1. The predicted octanol–water partition coefficient (Wildman–Crippen LogP) is 1.34. The first-order chi connectivity index (χ1) is 10.4. The summed E-state index contributed by atoms with van der Waals surface area (Å²) < 4.78 is 11.3. The van der Waals surface area contributed by atoms with Crippen molar-refractivity contribution in [2.24, 2.45) is 0 Å². The SMILES string of the molecule is CN(Cc1ccc([S@@](C)=O)cc1)c1ncc([N+](=O)[O-])c(N)n1. The number of nitro groups is 1. The number of nitrogens with two attached hydrogens (primary N) is 1. The molecule has 0 aliphatic carbocycles. The summed E-state index contributed by atoms with van der Waals surface area (Å²) in [6.07, 6.45) is 2.71. The van der Waals surface area contributed by atoms with Gasteiger partial charge in [-0.2, -0.15) is 4.98 Å². The van der Waals surface area contributed by atoms with Crippen molar-refractivity contribution in [3.63, 3.8) is 0 Å². The molecule has 0 bridgehead atoms. The molecule has 8 nitrogen and oxygen atoms in total. The molecule has 0 saturated heterocycles. The molecule has 2 N–H and O–H groups in total. The van der Waals surface area contributed by atoms with Crippen LogP contribution in [0.15, 0.2) is 35.4 Å². The third-order valence-corrected chi connectivity index (χ3v) is 3.93. The first-order valence-electron chi connectivity index (χ1n) is 6.29. The number of anilines is 2. The third kappa shape index (κ3) is 3.55. The monoisotopic (exact) mass is 321 g/mol. The number of nitrogen functional groups attached to an aromatic ring is 1. The lowest BCUT2D eigenvalue weighted by Crippen LogP contribution is -2.19. The summed E-state index contributed by atoms with van der Waals surface area (Å²) in [4.78, 5) is 20.4. The molecule has 1 aromatic carbocycles. The van der Waals surface area contributed by atoms with Crippen LogP contribution in [0.5, 0.6) is 0 Å². The van der Waals surface area contributed by atoms with Gasteiger partial charge in [-0.25, -0.2) is 4.98 Å². The highest BCUT2D eigenvalue weighted by Crippen LogP contribution is 2.20. The second-order valence-electron chi connectivity index (χ2n) is 4.65. The van der Waals surface area contributed by atoms with E-state index in [1.165, 1.54) is 0 Å². The van der Waals surface area contributed by atoms with Crippen molar-refractivity contribution in [2.75, 3.05) is 23.9 Å². The van der Waals surface area contributed by atoms with E-state index in [1.807, 2.05) is 12.1 Å². The largest absolute Gasteiger partial charge is 0.378 e. The molecule has 2 aromatic rings. The van der Waals surface area contributed by atoms with Crippen LogP contribution in [0.4, 0.5) is 17.5 Å². The van der Waals surface area contributed by atoms with E-state index in [-0.39, 0.29) is 11.5 Å². The number of nitrogens with zero attached hydrogens (tertiary/aromatic N) is 4. The molecule has 9 heteroatoms. The molecule has 1 heterocycles. The Morgan fingerprint density at radius 2 is 2.00 bits per heavy atom. The van der Waals surface area contributed by atoms with Crippen molar-refractivity contribution in [1.82, 2.24) is 9.97 Å². The number of rotatable bonds is 5. The van der Waals surface area contributed by atoms with Crippen LogP contribution < -0.4 is 10.6 Å². The van der Waals surface area contributed by atoms with Crippen LogP contribution in [0.25, 0.3) is 0 Å². The smallest absolute Gasteiger partial charge is 0.329 e. The molecule has 0 amide bonds. The van der Waals surface area contributed by atoms with Gasteiger partial charge in [0.15, 0.2) is 0 Å². The molecule has 0 saturated carbocycles. The van der Waals surface area contributed by atoms with Gasteiger partial charge in [0.1, 0.15) is 6.20 Å². The second kappa shape index (κ2) is 6.48. The van der Waals surface area contributed by atoms with Gasteiger partial charge >= 0.3 is 5.69 Å². The standard InChI is InChI=1S/C13H15N5O3S/c1-17(8-9-3-5-10(6-4-9)22(2)21)13-15-7-11(18(19)20)12(14)16-13/h3-7H,8H2,1-2H3,(H2,14,15,16)/t22-/m1/s1. The number of aromatic nitrogens is 2. The number of hydrogen-bond acceptors (Lipinski definition) is 7. The van der Waals surface area contributed by atoms with E-state index in [1.54, 1.807) is 30.3 Å². The Bertz CT molecular complexity index is 720. The first-order valence-corrected chi connectivity index (χ1v) is 7.84. The minimum Gasteiger partial charge on any atom is -0.378 e. The zero-order chi connectivity index (χ0) is 16.3. The van der Waals surface area contributed by atoms with E-state index in [4.69, 9.17) is 5.73 Å². The van der Waals surface area contributed by atoms with Gasteiger partial charge < -0.3 is 10.6 Å². The summed E-state index contributed by atoms with van der Waals surface area (Å²) in [6, 6.07) is 7.32. The van der Waals surface area contributed by atoms with Crippen molar-refractivity contribution in [2.45, 2.75) is 11.4 Å². The summed E-state index contributed by atoms with van der Waals surface area (Å²) in [5.74, 6) is 0.129. The molecule has 1 atom stereocenters. The quantitative estimate of drug-likeness (QED) is 0.652. The van der Waals surface area contributed by atoms with Crippen molar-refractivity contribution in [1.29, 1.82) is 0 Å². The Hall–Kier alpha value is -2.55. The van der Waals surface area contributed by atoms with E-state index in [0.29, 0.717) is 12.5 Å². The molecular weight excluding hydrogens is 306 g/mol. The van der Waals surface area contributed by atoms with Gasteiger partial charge in [0, 0.05) is 35.5 Å². The highest BCUT2D eigenvalue weighted by atomic mass is 32.2. The molecule has 0 spiro atoms. The zero-order valence-electron chi connectivity index (χ0n) is 12.1. The molecule has 0 unspecified atom stereocenters. The molecule has 2 rings (SSSR count). The molecule has 1 aromatic heterocycles. The minimum atomic E-state index is -1.01. The fourth-order valence-corrected chi connectivity index (χ4v) is 2.35. The molecular formula is C13H15N5O3S. The van der Waals surface area contributed by atoms with Gasteiger partial charge in [0.05, 0.1) is 4.92 Å². The fraction of sp³-hybridized carbons (Fsp3) is 0.231. The first kappa shape index (κ1) is 15.8. The van der Waals surface area contributed by atoms with E-state index in [0.717, 1.165) is 16.7 Å². The summed E-state index contributed by atoms with van der Waals surface area (Å²) in [5.41, 5.74) is 6.21. The van der Waals surface area contributed by atoms with Crippen molar-refractivity contribution < 1.29 is 9.13 Å². The third-order valence-electron chi connectivity index (χ3n) is 3.00. The van der Waals surface area contributed by atoms with E-state index in [2.05, 4.69) is 9.97 Å². The maximum Gasteiger partial charge on any atom is 0.329 e. The Morgan fingerprint density at radius 1 is 1.36 bits per heavy atom. The van der Waals surface area contributed by atoms with Crippen molar-refractivity contribution in [3.8, 4) is 0 Å². The van der Waals surface area contributed by atoms with Gasteiger partial charge in [-0.3, -0.25) is 14.3 Å². The Kier molecular flexibility index (Phi) is 4.66.